The van der Waals surface area contributed by atoms with E-state index in [1.165, 1.54) is 16.7 Å². The average Bonchev–Trinajstić information content (AvgIpc) is 3.13. The van der Waals surface area contributed by atoms with Gasteiger partial charge in [-0.05, 0) is 30.2 Å². The first-order valence-electron chi connectivity index (χ1n) is 8.98. The lowest BCUT2D eigenvalue weighted by atomic mass is 10.1. The van der Waals surface area contributed by atoms with Crippen molar-refractivity contribution in [3.8, 4) is 5.69 Å². The van der Waals surface area contributed by atoms with Gasteiger partial charge in [0, 0.05) is 19.8 Å². The Hall–Kier alpha value is -2.94. The molecule has 1 heterocycles. The summed E-state index contributed by atoms with van der Waals surface area (Å²) in [4.78, 5) is 13.6. The first-order chi connectivity index (χ1) is 13.9. The number of thioether (sulfide) groups is 1. The third-order valence-electron chi connectivity index (χ3n) is 4.23. The third-order valence-corrected chi connectivity index (χ3v) is 5.17. The predicted octanol–water partition coefficient (Wildman–Crippen LogP) is 3.90. The van der Waals surface area contributed by atoms with Crippen molar-refractivity contribution in [2.45, 2.75) is 18.5 Å². The van der Waals surface area contributed by atoms with Gasteiger partial charge in [-0.25, -0.2) is 8.78 Å². The molecule has 0 bridgehead atoms. The number of anilines is 2. The van der Waals surface area contributed by atoms with Crippen LogP contribution < -0.4 is 10.2 Å². The number of aromatic nitrogens is 3. The van der Waals surface area contributed by atoms with Crippen LogP contribution in [-0.4, -0.2) is 40.5 Å². The summed E-state index contributed by atoms with van der Waals surface area (Å²) in [6.07, 6.45) is 2.44. The molecule has 9 heteroatoms. The van der Waals surface area contributed by atoms with Crippen molar-refractivity contribution in [1.29, 1.82) is 0 Å². The lowest BCUT2D eigenvalue weighted by molar-refractivity contribution is -0.113. The van der Waals surface area contributed by atoms with Crippen molar-refractivity contribution < 1.29 is 13.6 Å². The molecule has 0 saturated carbocycles. The zero-order valence-corrected chi connectivity index (χ0v) is 17.1. The molecule has 0 radical (unpaired) electrons. The second-order valence-corrected chi connectivity index (χ2v) is 7.43. The van der Waals surface area contributed by atoms with Gasteiger partial charge in [0.25, 0.3) is 0 Å². The van der Waals surface area contributed by atoms with E-state index in [-0.39, 0.29) is 17.1 Å². The Morgan fingerprint density at radius 3 is 2.55 bits per heavy atom. The third kappa shape index (κ3) is 4.73. The number of hydrogen-bond donors (Lipinski definition) is 1. The van der Waals surface area contributed by atoms with E-state index in [4.69, 9.17) is 0 Å². The molecule has 0 atom stereocenters. The van der Waals surface area contributed by atoms with Crippen LogP contribution in [0.4, 0.5) is 20.2 Å². The van der Waals surface area contributed by atoms with E-state index >= 15 is 0 Å². The summed E-state index contributed by atoms with van der Waals surface area (Å²) in [5.74, 6) is -1.86. The molecule has 1 aromatic heterocycles. The smallest absolute Gasteiger partial charge is 0.234 e. The van der Waals surface area contributed by atoms with E-state index < -0.39 is 17.5 Å². The minimum atomic E-state index is -0.742. The molecule has 6 nitrogen and oxygen atoms in total. The molecule has 1 amide bonds. The highest BCUT2D eigenvalue weighted by molar-refractivity contribution is 7.99. The van der Waals surface area contributed by atoms with Gasteiger partial charge in [0.2, 0.25) is 5.91 Å². The van der Waals surface area contributed by atoms with Crippen molar-refractivity contribution in [1.82, 2.24) is 14.8 Å². The number of carbonyl (C=O) groups excluding carboxylic acids is 1. The van der Waals surface area contributed by atoms with Crippen LogP contribution in [0.2, 0.25) is 0 Å². The van der Waals surface area contributed by atoms with Crippen LogP contribution in [0.25, 0.3) is 5.69 Å². The van der Waals surface area contributed by atoms with Gasteiger partial charge in [-0.3, -0.25) is 9.36 Å². The monoisotopic (exact) mass is 417 g/mol. The Labute approximate surface area is 171 Å². The SMILES string of the molecule is CCc1ccccc1-n1cnnc1SCC(=O)Nc1cc(F)c(N(C)C)c(F)c1. The number of amides is 1. The van der Waals surface area contributed by atoms with Gasteiger partial charge < -0.3 is 10.2 Å². The van der Waals surface area contributed by atoms with Gasteiger partial charge in [-0.15, -0.1) is 10.2 Å². The van der Waals surface area contributed by atoms with E-state index in [1.54, 1.807) is 20.4 Å². The molecule has 1 N–H and O–H groups in total. The number of carbonyl (C=O) groups is 1. The van der Waals surface area contributed by atoms with Crippen molar-refractivity contribution in [2.75, 3.05) is 30.1 Å². The summed E-state index contributed by atoms with van der Waals surface area (Å²) in [7, 11) is 3.09. The highest BCUT2D eigenvalue weighted by Crippen LogP contribution is 2.26. The van der Waals surface area contributed by atoms with Crippen LogP contribution in [0.15, 0.2) is 47.9 Å². The van der Waals surface area contributed by atoms with Crippen molar-refractivity contribution in [3.63, 3.8) is 0 Å². The zero-order chi connectivity index (χ0) is 21.0. The second-order valence-electron chi connectivity index (χ2n) is 6.49. The molecule has 2 aromatic carbocycles. The predicted molar refractivity (Wildman–Crippen MR) is 111 cm³/mol. The fourth-order valence-corrected chi connectivity index (χ4v) is 3.65. The average molecular weight is 417 g/mol. The van der Waals surface area contributed by atoms with Gasteiger partial charge >= 0.3 is 0 Å². The molecule has 3 rings (SSSR count). The van der Waals surface area contributed by atoms with E-state index in [0.29, 0.717) is 5.16 Å². The minimum absolute atomic E-state index is 0.0195. The number of nitrogens with one attached hydrogen (secondary N) is 1. The van der Waals surface area contributed by atoms with Crippen molar-refractivity contribution in [3.05, 3.63) is 59.9 Å². The Kier molecular flexibility index (Phi) is 6.48. The number of aryl methyl sites for hydroxylation is 1. The molecule has 0 aliphatic heterocycles. The van der Waals surface area contributed by atoms with E-state index in [0.717, 1.165) is 29.8 Å². The molecule has 0 saturated heterocycles. The molecule has 0 unspecified atom stereocenters. The highest BCUT2D eigenvalue weighted by Gasteiger charge is 2.16. The van der Waals surface area contributed by atoms with E-state index in [2.05, 4.69) is 22.4 Å². The molecule has 0 fully saturated rings. The van der Waals surface area contributed by atoms with Gasteiger partial charge in [0.1, 0.15) is 12.0 Å². The summed E-state index contributed by atoms with van der Waals surface area (Å²) in [5, 5.41) is 11.1. The summed E-state index contributed by atoms with van der Waals surface area (Å²) < 4.78 is 30.0. The number of halogens is 2. The van der Waals surface area contributed by atoms with Gasteiger partial charge in [-0.2, -0.15) is 0 Å². The lowest BCUT2D eigenvalue weighted by Gasteiger charge is -2.16. The number of benzene rings is 2. The van der Waals surface area contributed by atoms with Gasteiger partial charge in [-0.1, -0.05) is 36.9 Å². The van der Waals surface area contributed by atoms with Crippen molar-refractivity contribution >= 4 is 29.0 Å². The molecule has 0 aliphatic rings. The van der Waals surface area contributed by atoms with Gasteiger partial charge in [0.05, 0.1) is 11.4 Å². The second kappa shape index (κ2) is 9.04. The first kappa shape index (κ1) is 20.8. The lowest BCUT2D eigenvalue weighted by Crippen LogP contribution is -2.17. The van der Waals surface area contributed by atoms with Gasteiger partial charge in [0.15, 0.2) is 16.8 Å². The summed E-state index contributed by atoms with van der Waals surface area (Å²) in [5.41, 5.74) is 1.99. The maximum Gasteiger partial charge on any atom is 0.234 e. The molecule has 29 heavy (non-hydrogen) atoms. The first-order valence-corrected chi connectivity index (χ1v) is 9.96. The molecular weight excluding hydrogens is 396 g/mol. The van der Waals surface area contributed by atoms with Crippen LogP contribution >= 0.6 is 11.8 Å². The number of nitrogens with zero attached hydrogens (tertiary/aromatic N) is 4. The Morgan fingerprint density at radius 2 is 1.90 bits per heavy atom. The van der Waals surface area contributed by atoms with Crippen LogP contribution in [0.5, 0.6) is 0 Å². The fraction of sp³-hybridized carbons (Fsp3) is 0.250. The number of para-hydroxylation sites is 1. The standard InChI is InChI=1S/C20H21F2N5OS/c1-4-13-7-5-6-8-17(13)27-12-23-25-20(27)29-11-18(28)24-14-9-15(21)19(26(2)3)16(22)10-14/h5-10,12H,4,11H2,1-3H3,(H,24,28). The van der Waals surface area contributed by atoms with Crippen LogP contribution in [0, 0.1) is 11.6 Å². The molecular formula is C20H21F2N5OS. The maximum absolute atomic E-state index is 14.1. The molecule has 3 aromatic rings. The highest BCUT2D eigenvalue weighted by atomic mass is 32.2. The van der Waals surface area contributed by atoms with E-state index in [1.807, 2.05) is 28.8 Å². The topological polar surface area (TPSA) is 63.1 Å². The summed E-state index contributed by atoms with van der Waals surface area (Å²) in [6, 6.07) is 10.1. The molecule has 0 spiro atoms. The van der Waals surface area contributed by atoms with Crippen LogP contribution in [0.1, 0.15) is 12.5 Å². The Bertz CT molecular complexity index is 999. The number of hydrogen-bond acceptors (Lipinski definition) is 5. The number of rotatable bonds is 7. The quantitative estimate of drug-likeness (QED) is 0.591. The molecule has 0 aliphatic carbocycles. The normalized spacial score (nSPS) is 10.8. The Balaban J connectivity index is 1.69. The maximum atomic E-state index is 14.1. The summed E-state index contributed by atoms with van der Waals surface area (Å²) >= 11 is 1.19. The largest absolute Gasteiger partial charge is 0.373 e. The minimum Gasteiger partial charge on any atom is -0.373 e. The van der Waals surface area contributed by atoms with E-state index in [9.17, 15) is 13.6 Å². The fourth-order valence-electron chi connectivity index (χ4n) is 2.92. The molecule has 152 valence electrons. The Morgan fingerprint density at radius 1 is 1.21 bits per heavy atom. The van der Waals surface area contributed by atoms with Crippen molar-refractivity contribution in [2.24, 2.45) is 0 Å². The summed E-state index contributed by atoms with van der Waals surface area (Å²) in [6.45, 7) is 2.06. The van der Waals surface area contributed by atoms with Crippen LogP contribution in [0.3, 0.4) is 0 Å². The van der Waals surface area contributed by atoms with Crippen LogP contribution in [-0.2, 0) is 11.2 Å². The zero-order valence-electron chi connectivity index (χ0n) is 16.3.